The fraction of sp³-hybridized carbons (Fsp3) is 0.176. The molecule has 0 radical (unpaired) electrons. The number of hydrogen-bond donors (Lipinski definition) is 1. The van der Waals surface area contributed by atoms with Crippen LogP contribution in [-0.2, 0) is 0 Å². The average molecular weight is 279 g/mol. The third kappa shape index (κ3) is 2.52. The molecule has 106 valence electrons. The number of nitrogens with one attached hydrogen (secondary N) is 1. The lowest BCUT2D eigenvalue weighted by Gasteiger charge is -2.08. The van der Waals surface area contributed by atoms with Crippen LogP contribution in [0, 0.1) is 6.92 Å². The van der Waals surface area contributed by atoms with Gasteiger partial charge in [0.2, 0.25) is 0 Å². The number of H-pyrrole nitrogens is 1. The fourth-order valence-electron chi connectivity index (χ4n) is 2.35. The zero-order valence-electron chi connectivity index (χ0n) is 12.3. The van der Waals surface area contributed by atoms with Crippen molar-refractivity contribution >= 4 is 22.4 Å². The van der Waals surface area contributed by atoms with Crippen LogP contribution >= 0.6 is 0 Å². The molecule has 0 saturated carbocycles. The second kappa shape index (κ2) is 5.40. The largest absolute Gasteiger partial charge is 0.494 e. The van der Waals surface area contributed by atoms with Crippen molar-refractivity contribution in [2.75, 3.05) is 7.11 Å². The van der Waals surface area contributed by atoms with Crippen molar-refractivity contribution in [3.8, 4) is 5.75 Å². The number of methoxy groups -OCH3 is 1. The first-order valence-corrected chi connectivity index (χ1v) is 6.83. The number of para-hydroxylation sites is 3. The molecule has 0 spiro atoms. The molecule has 0 atom stereocenters. The second-order valence-corrected chi connectivity index (χ2v) is 4.93. The number of aromatic amines is 1. The number of aryl methyl sites for hydroxylation is 1. The van der Waals surface area contributed by atoms with Crippen LogP contribution < -0.4 is 4.74 Å². The van der Waals surface area contributed by atoms with E-state index >= 15 is 0 Å². The Morgan fingerprint density at radius 3 is 2.71 bits per heavy atom. The predicted molar refractivity (Wildman–Crippen MR) is 85.7 cm³/mol. The van der Waals surface area contributed by atoms with Gasteiger partial charge in [-0.25, -0.2) is 9.98 Å². The Bertz CT molecular complexity index is 785. The van der Waals surface area contributed by atoms with Crippen molar-refractivity contribution in [2.24, 2.45) is 4.99 Å². The zero-order valence-corrected chi connectivity index (χ0v) is 12.3. The van der Waals surface area contributed by atoms with Gasteiger partial charge in [-0.2, -0.15) is 0 Å². The van der Waals surface area contributed by atoms with E-state index < -0.39 is 0 Å². The summed E-state index contributed by atoms with van der Waals surface area (Å²) in [4.78, 5) is 12.5. The van der Waals surface area contributed by atoms with Gasteiger partial charge in [0.1, 0.15) is 11.4 Å². The molecule has 0 fully saturated rings. The van der Waals surface area contributed by atoms with Crippen molar-refractivity contribution in [1.82, 2.24) is 9.97 Å². The molecule has 0 aliphatic heterocycles. The van der Waals surface area contributed by atoms with E-state index in [4.69, 9.17) is 4.74 Å². The average Bonchev–Trinajstić information content (AvgIpc) is 2.91. The summed E-state index contributed by atoms with van der Waals surface area (Å²) in [5.41, 5.74) is 4.67. The minimum Gasteiger partial charge on any atom is -0.494 e. The monoisotopic (exact) mass is 279 g/mol. The normalized spacial score (nSPS) is 11.9. The van der Waals surface area contributed by atoms with Gasteiger partial charge in [-0.15, -0.1) is 0 Å². The molecule has 3 rings (SSSR count). The number of fused-ring (bicyclic) bond motifs is 1. The SMILES string of the molecule is COc1c(C)cccc1N=C(C)c1nc2ccccc2[nH]1. The van der Waals surface area contributed by atoms with Gasteiger partial charge in [0, 0.05) is 0 Å². The van der Waals surface area contributed by atoms with E-state index in [0.717, 1.165) is 39.6 Å². The van der Waals surface area contributed by atoms with Gasteiger partial charge in [0.25, 0.3) is 0 Å². The molecule has 1 N–H and O–H groups in total. The van der Waals surface area contributed by atoms with E-state index in [1.54, 1.807) is 7.11 Å². The van der Waals surface area contributed by atoms with E-state index in [-0.39, 0.29) is 0 Å². The molecular formula is C17H17N3O. The molecular weight excluding hydrogens is 262 g/mol. The first-order chi connectivity index (χ1) is 10.2. The summed E-state index contributed by atoms with van der Waals surface area (Å²) in [5.74, 6) is 1.58. The molecule has 21 heavy (non-hydrogen) atoms. The number of imidazole rings is 1. The Labute approximate surface area is 123 Å². The number of nitrogens with zero attached hydrogens (tertiary/aromatic N) is 2. The Hall–Kier alpha value is -2.62. The Balaban J connectivity index is 2.05. The van der Waals surface area contributed by atoms with E-state index in [1.807, 2.05) is 56.3 Å². The van der Waals surface area contributed by atoms with Crippen molar-refractivity contribution in [3.63, 3.8) is 0 Å². The summed E-state index contributed by atoms with van der Waals surface area (Å²) in [7, 11) is 1.66. The van der Waals surface area contributed by atoms with Crippen LogP contribution in [0.3, 0.4) is 0 Å². The summed E-state index contributed by atoms with van der Waals surface area (Å²) < 4.78 is 5.43. The number of ether oxygens (including phenoxy) is 1. The molecule has 0 bridgehead atoms. The molecule has 3 aromatic rings. The van der Waals surface area contributed by atoms with E-state index in [9.17, 15) is 0 Å². The molecule has 0 unspecified atom stereocenters. The molecule has 2 aromatic carbocycles. The molecule has 0 aliphatic rings. The van der Waals surface area contributed by atoms with E-state index in [0.29, 0.717) is 0 Å². The lowest BCUT2D eigenvalue weighted by Crippen LogP contribution is -1.97. The fourth-order valence-corrected chi connectivity index (χ4v) is 2.35. The highest BCUT2D eigenvalue weighted by atomic mass is 16.5. The molecule has 0 aliphatic carbocycles. The zero-order chi connectivity index (χ0) is 14.8. The standard InChI is InChI=1S/C17H17N3O/c1-11-7-6-10-15(16(11)21-3)18-12(2)17-19-13-8-4-5-9-14(13)20-17/h4-10H,1-3H3,(H,19,20). The number of benzene rings is 2. The molecule has 0 saturated heterocycles. The highest BCUT2D eigenvalue weighted by molar-refractivity contribution is 5.99. The van der Waals surface area contributed by atoms with Crippen molar-refractivity contribution in [2.45, 2.75) is 13.8 Å². The van der Waals surface area contributed by atoms with E-state index in [2.05, 4.69) is 15.0 Å². The number of rotatable bonds is 3. The van der Waals surface area contributed by atoms with Gasteiger partial charge in [-0.3, -0.25) is 0 Å². The van der Waals surface area contributed by atoms with Crippen LogP contribution in [0.4, 0.5) is 5.69 Å². The molecule has 0 amide bonds. The van der Waals surface area contributed by atoms with Gasteiger partial charge < -0.3 is 9.72 Å². The van der Waals surface area contributed by atoms with Crippen LogP contribution in [0.2, 0.25) is 0 Å². The van der Waals surface area contributed by atoms with Crippen molar-refractivity contribution in [1.29, 1.82) is 0 Å². The number of hydrogen-bond acceptors (Lipinski definition) is 3. The van der Waals surface area contributed by atoms with Crippen LogP contribution in [0.5, 0.6) is 5.75 Å². The summed E-state index contributed by atoms with van der Waals surface area (Å²) >= 11 is 0. The van der Waals surface area contributed by atoms with Crippen LogP contribution in [-0.4, -0.2) is 22.8 Å². The van der Waals surface area contributed by atoms with Crippen LogP contribution in [0.25, 0.3) is 11.0 Å². The van der Waals surface area contributed by atoms with Gasteiger partial charge in [-0.1, -0.05) is 24.3 Å². The Morgan fingerprint density at radius 2 is 1.95 bits per heavy atom. The van der Waals surface area contributed by atoms with Gasteiger partial charge in [0.05, 0.1) is 23.9 Å². The van der Waals surface area contributed by atoms with Gasteiger partial charge in [0.15, 0.2) is 5.82 Å². The lowest BCUT2D eigenvalue weighted by molar-refractivity contribution is 0.413. The Kier molecular flexibility index (Phi) is 3.44. The smallest absolute Gasteiger partial charge is 0.152 e. The third-order valence-corrected chi connectivity index (χ3v) is 3.42. The second-order valence-electron chi connectivity index (χ2n) is 4.93. The molecule has 4 nitrogen and oxygen atoms in total. The minimum atomic E-state index is 0.778. The Morgan fingerprint density at radius 1 is 1.14 bits per heavy atom. The van der Waals surface area contributed by atoms with Crippen LogP contribution in [0.15, 0.2) is 47.5 Å². The predicted octanol–water partition coefficient (Wildman–Crippen LogP) is 4.02. The highest BCUT2D eigenvalue weighted by Gasteiger charge is 2.08. The summed E-state index contributed by atoms with van der Waals surface area (Å²) in [6, 6.07) is 13.9. The van der Waals surface area contributed by atoms with E-state index in [1.165, 1.54) is 0 Å². The molecule has 1 heterocycles. The number of aliphatic imine (C=N–C) groups is 1. The topological polar surface area (TPSA) is 50.3 Å². The van der Waals surface area contributed by atoms with Gasteiger partial charge >= 0.3 is 0 Å². The van der Waals surface area contributed by atoms with Gasteiger partial charge in [-0.05, 0) is 37.6 Å². The maximum atomic E-state index is 5.43. The maximum absolute atomic E-state index is 5.43. The van der Waals surface area contributed by atoms with Crippen molar-refractivity contribution in [3.05, 3.63) is 53.9 Å². The third-order valence-electron chi connectivity index (χ3n) is 3.42. The first-order valence-electron chi connectivity index (χ1n) is 6.83. The lowest BCUT2D eigenvalue weighted by atomic mass is 10.2. The molecule has 4 heteroatoms. The summed E-state index contributed by atoms with van der Waals surface area (Å²) in [6.07, 6.45) is 0. The first kappa shape index (κ1) is 13.4. The number of aromatic nitrogens is 2. The highest BCUT2D eigenvalue weighted by Crippen LogP contribution is 2.31. The summed E-state index contributed by atoms with van der Waals surface area (Å²) in [6.45, 7) is 3.95. The molecule has 1 aromatic heterocycles. The maximum Gasteiger partial charge on any atom is 0.152 e. The minimum absolute atomic E-state index is 0.778. The quantitative estimate of drug-likeness (QED) is 0.736. The van der Waals surface area contributed by atoms with Crippen LogP contribution in [0.1, 0.15) is 18.3 Å². The van der Waals surface area contributed by atoms with Crippen molar-refractivity contribution < 1.29 is 4.74 Å². The summed E-state index contributed by atoms with van der Waals surface area (Å²) in [5, 5.41) is 0.